The number of benzene rings is 1. The topological polar surface area (TPSA) is 42.0 Å². The fraction of sp³-hybridized carbons (Fsp3) is 0.720. The molecule has 3 aliphatic heterocycles. The van der Waals surface area contributed by atoms with Crippen molar-refractivity contribution in [3.63, 3.8) is 0 Å². The maximum absolute atomic E-state index is 13.9. The van der Waals surface area contributed by atoms with Crippen LogP contribution in [0, 0.1) is 0 Å². The minimum absolute atomic E-state index is 0.157. The molecule has 0 spiro atoms. The van der Waals surface area contributed by atoms with Crippen LogP contribution in [0.2, 0.25) is 0 Å². The highest BCUT2D eigenvalue weighted by Gasteiger charge is 2.54. The van der Waals surface area contributed by atoms with Gasteiger partial charge in [-0.2, -0.15) is 0 Å². The van der Waals surface area contributed by atoms with E-state index in [9.17, 15) is 9.18 Å². The number of carbonyl (C=O) groups is 1. The van der Waals surface area contributed by atoms with Gasteiger partial charge in [0.15, 0.2) is 0 Å². The summed E-state index contributed by atoms with van der Waals surface area (Å²) in [5.41, 5.74) is 1.63. The van der Waals surface area contributed by atoms with Crippen LogP contribution in [-0.4, -0.2) is 60.5 Å². The third kappa shape index (κ3) is 3.34. The quantitative estimate of drug-likeness (QED) is 0.672. The molecular formula is C25H36BFN2O3. The van der Waals surface area contributed by atoms with Crippen molar-refractivity contribution in [1.82, 2.24) is 4.90 Å². The van der Waals surface area contributed by atoms with Crippen LogP contribution >= 0.6 is 0 Å². The van der Waals surface area contributed by atoms with Gasteiger partial charge in [0.1, 0.15) is 6.17 Å². The molecule has 0 aromatic heterocycles. The van der Waals surface area contributed by atoms with E-state index in [1.54, 1.807) is 0 Å². The number of halogens is 1. The van der Waals surface area contributed by atoms with Crippen molar-refractivity contribution < 1.29 is 18.5 Å². The number of carbonyl (C=O) groups excluding carboxylic acids is 1. The van der Waals surface area contributed by atoms with Crippen molar-refractivity contribution in [2.45, 2.75) is 102 Å². The second-order valence-electron chi connectivity index (χ2n) is 11.7. The van der Waals surface area contributed by atoms with Gasteiger partial charge in [-0.1, -0.05) is 12.1 Å². The SMILES string of the molecule is CC1(C)C(=O)N(C2CC(N3CCCC(F)C3)C2)c2cc(B3OC(C)(C)C(C)(C)O3)ccc21. The van der Waals surface area contributed by atoms with Crippen molar-refractivity contribution >= 4 is 24.2 Å². The summed E-state index contributed by atoms with van der Waals surface area (Å²) in [6, 6.07) is 6.75. The minimum atomic E-state index is -0.710. The molecule has 1 saturated carbocycles. The molecule has 32 heavy (non-hydrogen) atoms. The number of piperidine rings is 1. The number of nitrogens with zero attached hydrogens (tertiary/aromatic N) is 2. The van der Waals surface area contributed by atoms with Crippen LogP contribution in [0.25, 0.3) is 0 Å². The van der Waals surface area contributed by atoms with Crippen LogP contribution in [0.5, 0.6) is 0 Å². The summed E-state index contributed by atoms with van der Waals surface area (Å²) in [7, 11) is -0.449. The third-order valence-electron chi connectivity index (χ3n) is 8.60. The van der Waals surface area contributed by atoms with Crippen molar-refractivity contribution in [2.75, 3.05) is 18.0 Å². The summed E-state index contributed by atoms with van der Waals surface area (Å²) in [6.45, 7) is 13.7. The van der Waals surface area contributed by atoms with Gasteiger partial charge in [-0.15, -0.1) is 0 Å². The summed E-state index contributed by atoms with van der Waals surface area (Å²) in [5, 5.41) is 0. The first kappa shape index (κ1) is 22.4. The first-order valence-corrected chi connectivity index (χ1v) is 12.1. The van der Waals surface area contributed by atoms with E-state index in [1.807, 2.05) is 24.8 Å². The summed E-state index contributed by atoms with van der Waals surface area (Å²) < 4.78 is 26.4. The van der Waals surface area contributed by atoms with Gasteiger partial charge in [0.2, 0.25) is 5.91 Å². The molecule has 1 amide bonds. The second-order valence-corrected chi connectivity index (χ2v) is 11.7. The monoisotopic (exact) mass is 442 g/mol. The molecule has 0 N–H and O–H groups in total. The number of likely N-dealkylation sites (tertiary alicyclic amines) is 1. The summed E-state index contributed by atoms with van der Waals surface area (Å²) in [5.74, 6) is 0.157. The van der Waals surface area contributed by atoms with Gasteiger partial charge in [-0.25, -0.2) is 4.39 Å². The first-order valence-electron chi connectivity index (χ1n) is 12.1. The zero-order valence-corrected chi connectivity index (χ0v) is 20.3. The molecule has 5 nitrogen and oxygen atoms in total. The molecule has 3 heterocycles. The molecule has 1 aliphatic carbocycles. The molecule has 174 valence electrons. The summed E-state index contributed by atoms with van der Waals surface area (Å²) in [6.07, 6.45) is 2.72. The van der Waals surface area contributed by atoms with Gasteiger partial charge in [0.05, 0.1) is 16.6 Å². The molecule has 0 bridgehead atoms. The van der Waals surface area contributed by atoms with Crippen LogP contribution in [0.15, 0.2) is 18.2 Å². The molecule has 7 heteroatoms. The van der Waals surface area contributed by atoms with E-state index < -0.39 is 29.9 Å². The summed E-state index contributed by atoms with van der Waals surface area (Å²) in [4.78, 5) is 17.8. The molecule has 1 unspecified atom stereocenters. The van der Waals surface area contributed by atoms with Crippen molar-refractivity contribution in [1.29, 1.82) is 0 Å². The molecule has 0 radical (unpaired) electrons. The number of rotatable bonds is 3. The van der Waals surface area contributed by atoms with E-state index in [0.29, 0.717) is 19.0 Å². The Morgan fingerprint density at radius 2 is 1.69 bits per heavy atom. The lowest BCUT2D eigenvalue weighted by Gasteiger charge is -2.48. The van der Waals surface area contributed by atoms with Gasteiger partial charge in [0.25, 0.3) is 0 Å². The Morgan fingerprint density at radius 3 is 2.31 bits per heavy atom. The molecule has 2 saturated heterocycles. The first-order chi connectivity index (χ1) is 14.9. The zero-order valence-electron chi connectivity index (χ0n) is 20.3. The Kier molecular flexibility index (Phi) is 5.09. The van der Waals surface area contributed by atoms with Crippen LogP contribution < -0.4 is 10.4 Å². The van der Waals surface area contributed by atoms with Gasteiger partial charge in [-0.05, 0) is 90.9 Å². The Labute approximate surface area is 191 Å². The van der Waals surface area contributed by atoms with Gasteiger partial charge >= 0.3 is 7.12 Å². The molecule has 1 aromatic rings. The average Bonchev–Trinajstić information content (AvgIpc) is 3.01. The number of hydrogen-bond acceptors (Lipinski definition) is 4. The van der Waals surface area contributed by atoms with Crippen molar-refractivity contribution in [3.05, 3.63) is 23.8 Å². The van der Waals surface area contributed by atoms with Gasteiger partial charge in [-0.3, -0.25) is 9.69 Å². The average molecular weight is 442 g/mol. The highest BCUT2D eigenvalue weighted by Crippen LogP contribution is 2.46. The molecule has 3 fully saturated rings. The lowest BCUT2D eigenvalue weighted by atomic mass is 9.76. The number of hydrogen-bond donors (Lipinski definition) is 0. The third-order valence-corrected chi connectivity index (χ3v) is 8.60. The van der Waals surface area contributed by atoms with E-state index in [2.05, 4.69) is 44.7 Å². The molecule has 5 rings (SSSR count). The predicted octanol–water partition coefficient (Wildman–Crippen LogP) is 3.57. The largest absolute Gasteiger partial charge is 0.494 e. The Hall–Kier alpha value is -1.44. The maximum Gasteiger partial charge on any atom is 0.494 e. The standard InChI is InChI=1S/C25H36BFN2O3/c1-23(2)20-10-9-16(26-31-24(3,4)25(5,6)32-26)12-21(20)29(22(23)30)19-13-18(14-19)28-11-7-8-17(27)15-28/h9-10,12,17-19H,7-8,11,13-15H2,1-6H3. The lowest BCUT2D eigenvalue weighted by molar-refractivity contribution is -0.123. The van der Waals surface area contributed by atoms with Crippen molar-refractivity contribution in [2.24, 2.45) is 0 Å². The summed E-state index contributed by atoms with van der Waals surface area (Å²) >= 11 is 0. The lowest BCUT2D eigenvalue weighted by Crippen LogP contribution is -2.58. The van der Waals surface area contributed by atoms with E-state index in [4.69, 9.17) is 9.31 Å². The normalized spacial score (nSPS) is 33.3. The van der Waals surface area contributed by atoms with Crippen molar-refractivity contribution in [3.8, 4) is 0 Å². The Balaban J connectivity index is 1.39. The highest BCUT2D eigenvalue weighted by atomic mass is 19.1. The number of alkyl halides is 1. The predicted molar refractivity (Wildman–Crippen MR) is 125 cm³/mol. The van der Waals surface area contributed by atoms with E-state index in [1.165, 1.54) is 0 Å². The number of amides is 1. The Bertz CT molecular complexity index is 912. The fourth-order valence-corrected chi connectivity index (χ4v) is 5.64. The van der Waals surface area contributed by atoms with Crippen LogP contribution in [0.3, 0.4) is 0 Å². The molecule has 1 atom stereocenters. The minimum Gasteiger partial charge on any atom is -0.399 e. The highest BCUT2D eigenvalue weighted by molar-refractivity contribution is 6.62. The maximum atomic E-state index is 13.9. The fourth-order valence-electron chi connectivity index (χ4n) is 5.64. The molecular weight excluding hydrogens is 406 g/mol. The van der Waals surface area contributed by atoms with Gasteiger partial charge < -0.3 is 14.2 Å². The van der Waals surface area contributed by atoms with Gasteiger partial charge in [0, 0.05) is 24.3 Å². The van der Waals surface area contributed by atoms with Crippen LogP contribution in [0.4, 0.5) is 10.1 Å². The smallest absolute Gasteiger partial charge is 0.399 e. The number of anilines is 1. The van der Waals surface area contributed by atoms with E-state index >= 15 is 0 Å². The van der Waals surface area contributed by atoms with E-state index in [0.717, 1.165) is 42.5 Å². The second kappa shape index (κ2) is 7.28. The molecule has 1 aromatic carbocycles. The van der Waals surface area contributed by atoms with Crippen LogP contribution in [0.1, 0.15) is 72.8 Å². The molecule has 4 aliphatic rings. The number of fused-ring (bicyclic) bond motifs is 1. The Morgan fingerprint density at radius 1 is 1.03 bits per heavy atom. The zero-order chi connectivity index (χ0) is 23.1. The van der Waals surface area contributed by atoms with E-state index in [-0.39, 0.29) is 11.9 Å². The van der Waals surface area contributed by atoms with Crippen LogP contribution in [-0.2, 0) is 19.5 Å².